The summed E-state index contributed by atoms with van der Waals surface area (Å²) in [5, 5.41) is 6.00. The third kappa shape index (κ3) is 7.13. The van der Waals surface area contributed by atoms with E-state index in [-0.39, 0.29) is 36.8 Å². The first-order valence-corrected chi connectivity index (χ1v) is 9.60. The van der Waals surface area contributed by atoms with Crippen LogP contribution >= 0.6 is 12.4 Å². The van der Waals surface area contributed by atoms with Gasteiger partial charge < -0.3 is 20.3 Å². The van der Waals surface area contributed by atoms with Crippen LogP contribution in [0.2, 0.25) is 0 Å². The van der Waals surface area contributed by atoms with Gasteiger partial charge in [-0.05, 0) is 30.7 Å². The number of likely N-dealkylation sites (tertiary alicyclic amines) is 1. The summed E-state index contributed by atoms with van der Waals surface area (Å²) in [6.07, 6.45) is 3.48. The van der Waals surface area contributed by atoms with Crippen LogP contribution in [0.3, 0.4) is 0 Å². The summed E-state index contributed by atoms with van der Waals surface area (Å²) in [7, 11) is 0. The number of hydrogen-bond donors (Lipinski definition) is 2. The van der Waals surface area contributed by atoms with Gasteiger partial charge in [-0.1, -0.05) is 30.3 Å². The van der Waals surface area contributed by atoms with E-state index < -0.39 is 0 Å². The van der Waals surface area contributed by atoms with Gasteiger partial charge in [0.1, 0.15) is 0 Å². The summed E-state index contributed by atoms with van der Waals surface area (Å²) >= 11 is 0. The number of piperidine rings is 1. The molecular formula is C20H30ClN3O3. The quantitative estimate of drug-likeness (QED) is 0.763. The predicted molar refractivity (Wildman–Crippen MR) is 107 cm³/mol. The maximum absolute atomic E-state index is 12.3. The average Bonchev–Trinajstić information content (AvgIpc) is 2.68. The van der Waals surface area contributed by atoms with Crippen molar-refractivity contribution in [3.05, 3.63) is 35.9 Å². The predicted octanol–water partition coefficient (Wildman–Crippen LogP) is 1.38. The Morgan fingerprint density at radius 1 is 1.19 bits per heavy atom. The van der Waals surface area contributed by atoms with Crippen LogP contribution in [0.5, 0.6) is 0 Å². The fourth-order valence-corrected chi connectivity index (χ4v) is 3.67. The Morgan fingerprint density at radius 2 is 1.93 bits per heavy atom. The molecule has 1 aromatic rings. The van der Waals surface area contributed by atoms with Crippen LogP contribution in [0.25, 0.3) is 0 Å². The lowest BCUT2D eigenvalue weighted by atomic mass is 9.90. The van der Waals surface area contributed by atoms with E-state index in [1.54, 1.807) is 0 Å². The van der Waals surface area contributed by atoms with Gasteiger partial charge in [-0.25, -0.2) is 0 Å². The van der Waals surface area contributed by atoms with Gasteiger partial charge in [-0.15, -0.1) is 12.4 Å². The minimum absolute atomic E-state index is 0. The molecule has 2 saturated heterocycles. The third-order valence-electron chi connectivity index (χ3n) is 5.20. The zero-order valence-electron chi connectivity index (χ0n) is 15.7. The van der Waals surface area contributed by atoms with Crippen molar-refractivity contribution in [1.29, 1.82) is 0 Å². The number of ether oxygens (including phenoxy) is 1. The molecule has 2 aliphatic heterocycles. The molecule has 0 aromatic heterocycles. The number of amides is 2. The first kappa shape index (κ1) is 21.7. The van der Waals surface area contributed by atoms with Crippen LogP contribution in [0, 0.1) is 5.92 Å². The largest absolute Gasteiger partial charge is 0.378 e. The number of carbonyl (C=O) groups excluding carboxylic acids is 2. The lowest BCUT2D eigenvalue weighted by Gasteiger charge is -2.32. The molecule has 2 fully saturated rings. The Bertz CT molecular complexity index is 585. The standard InChI is InChI=1S/C20H29N3O3.ClH/c24-19(13-18-15-26-11-8-21-18)22-14-20(25)23-9-6-17(7-10-23)12-16-4-2-1-3-5-16;/h1-5,17-18,21H,6-15H2,(H,22,24);1H. The SMILES string of the molecule is Cl.O=C(CC1COCCN1)NCC(=O)N1CCC(Cc2ccccc2)CC1. The average molecular weight is 396 g/mol. The summed E-state index contributed by atoms with van der Waals surface area (Å²) in [6.45, 7) is 3.67. The van der Waals surface area contributed by atoms with E-state index in [1.165, 1.54) is 5.56 Å². The molecule has 1 unspecified atom stereocenters. The number of rotatable bonds is 6. The maximum atomic E-state index is 12.3. The van der Waals surface area contributed by atoms with Gasteiger partial charge in [-0.3, -0.25) is 9.59 Å². The molecule has 0 bridgehead atoms. The van der Waals surface area contributed by atoms with E-state index >= 15 is 0 Å². The van der Waals surface area contributed by atoms with Crippen LogP contribution < -0.4 is 10.6 Å². The fourth-order valence-electron chi connectivity index (χ4n) is 3.67. The van der Waals surface area contributed by atoms with E-state index in [4.69, 9.17) is 4.74 Å². The van der Waals surface area contributed by atoms with Gasteiger partial charge in [0.15, 0.2) is 0 Å². The molecule has 1 atom stereocenters. The lowest BCUT2D eigenvalue weighted by Crippen LogP contribution is -2.47. The van der Waals surface area contributed by atoms with Crippen LogP contribution in [0.1, 0.15) is 24.8 Å². The molecule has 2 amide bonds. The molecule has 0 saturated carbocycles. The molecule has 27 heavy (non-hydrogen) atoms. The van der Waals surface area contributed by atoms with Crippen molar-refractivity contribution in [3.63, 3.8) is 0 Å². The Balaban J connectivity index is 0.00000261. The Hall–Kier alpha value is -1.63. The molecule has 3 rings (SSSR count). The minimum atomic E-state index is -0.0969. The topological polar surface area (TPSA) is 70.7 Å². The molecule has 150 valence electrons. The Kier molecular flexibility index (Phi) is 9.04. The van der Waals surface area contributed by atoms with E-state index in [1.807, 2.05) is 11.0 Å². The number of nitrogens with zero attached hydrogens (tertiary/aromatic N) is 1. The number of hydrogen-bond acceptors (Lipinski definition) is 4. The monoisotopic (exact) mass is 395 g/mol. The number of carbonyl (C=O) groups is 2. The summed E-state index contributed by atoms with van der Waals surface area (Å²) < 4.78 is 5.34. The third-order valence-corrected chi connectivity index (χ3v) is 5.20. The number of benzene rings is 1. The molecule has 0 aliphatic carbocycles. The van der Waals surface area contributed by atoms with Gasteiger partial charge in [0.2, 0.25) is 11.8 Å². The van der Waals surface area contributed by atoms with E-state index in [2.05, 4.69) is 34.9 Å². The van der Waals surface area contributed by atoms with Gasteiger partial charge in [0.25, 0.3) is 0 Å². The molecule has 2 aliphatic rings. The number of nitrogens with one attached hydrogen (secondary N) is 2. The van der Waals surface area contributed by atoms with Crippen molar-refractivity contribution >= 4 is 24.2 Å². The molecule has 0 radical (unpaired) electrons. The molecule has 2 heterocycles. The first-order chi connectivity index (χ1) is 12.7. The van der Waals surface area contributed by atoms with Crippen molar-refractivity contribution in [2.75, 3.05) is 39.4 Å². The highest BCUT2D eigenvalue weighted by molar-refractivity contribution is 5.85. The van der Waals surface area contributed by atoms with Crippen molar-refractivity contribution in [3.8, 4) is 0 Å². The first-order valence-electron chi connectivity index (χ1n) is 9.60. The number of halogens is 1. The van der Waals surface area contributed by atoms with Crippen LogP contribution in [-0.2, 0) is 20.7 Å². The van der Waals surface area contributed by atoms with Gasteiger partial charge >= 0.3 is 0 Å². The molecule has 2 N–H and O–H groups in total. The van der Waals surface area contributed by atoms with Crippen molar-refractivity contribution < 1.29 is 14.3 Å². The second-order valence-electron chi connectivity index (χ2n) is 7.22. The molecular weight excluding hydrogens is 366 g/mol. The lowest BCUT2D eigenvalue weighted by molar-refractivity contribution is -0.134. The zero-order valence-corrected chi connectivity index (χ0v) is 16.5. The number of morpholine rings is 1. The van der Waals surface area contributed by atoms with Crippen molar-refractivity contribution in [2.24, 2.45) is 5.92 Å². The fraction of sp³-hybridized carbons (Fsp3) is 0.600. The molecule has 1 aromatic carbocycles. The zero-order chi connectivity index (χ0) is 18.2. The van der Waals surface area contributed by atoms with Crippen LogP contribution in [0.15, 0.2) is 30.3 Å². The van der Waals surface area contributed by atoms with E-state index in [0.29, 0.717) is 25.6 Å². The highest BCUT2D eigenvalue weighted by atomic mass is 35.5. The van der Waals surface area contributed by atoms with Crippen LogP contribution in [-0.4, -0.2) is 62.1 Å². The van der Waals surface area contributed by atoms with Gasteiger partial charge in [-0.2, -0.15) is 0 Å². The van der Waals surface area contributed by atoms with Crippen molar-refractivity contribution in [2.45, 2.75) is 31.7 Å². The normalized spacial score (nSPS) is 20.6. The summed E-state index contributed by atoms with van der Waals surface area (Å²) in [5.41, 5.74) is 1.37. The van der Waals surface area contributed by atoms with E-state index in [0.717, 1.165) is 38.9 Å². The Labute approximate surface area is 167 Å². The van der Waals surface area contributed by atoms with E-state index in [9.17, 15) is 9.59 Å². The summed E-state index contributed by atoms with van der Waals surface area (Å²) in [5.74, 6) is 0.554. The second kappa shape index (κ2) is 11.3. The Morgan fingerprint density at radius 3 is 2.59 bits per heavy atom. The van der Waals surface area contributed by atoms with Crippen LogP contribution in [0.4, 0.5) is 0 Å². The molecule has 7 heteroatoms. The smallest absolute Gasteiger partial charge is 0.241 e. The second-order valence-corrected chi connectivity index (χ2v) is 7.22. The highest BCUT2D eigenvalue weighted by Gasteiger charge is 2.23. The highest BCUT2D eigenvalue weighted by Crippen LogP contribution is 2.21. The molecule has 0 spiro atoms. The maximum Gasteiger partial charge on any atom is 0.241 e. The summed E-state index contributed by atoms with van der Waals surface area (Å²) in [6, 6.07) is 10.6. The molecule has 6 nitrogen and oxygen atoms in total. The summed E-state index contributed by atoms with van der Waals surface area (Å²) in [4.78, 5) is 26.2. The van der Waals surface area contributed by atoms with Gasteiger partial charge in [0.05, 0.1) is 19.8 Å². The van der Waals surface area contributed by atoms with Crippen molar-refractivity contribution in [1.82, 2.24) is 15.5 Å². The minimum Gasteiger partial charge on any atom is -0.378 e. The van der Waals surface area contributed by atoms with Gasteiger partial charge in [0, 0.05) is 32.1 Å².